The number of carbonyl (C=O) groups excluding carboxylic acids is 1. The van der Waals surface area contributed by atoms with Crippen LogP contribution in [0.3, 0.4) is 0 Å². The lowest BCUT2D eigenvalue weighted by Crippen LogP contribution is -2.46. The fourth-order valence-corrected chi connectivity index (χ4v) is 1.30. The van der Waals surface area contributed by atoms with E-state index < -0.39 is 25.0 Å². The highest BCUT2D eigenvalue weighted by molar-refractivity contribution is 5.82. The summed E-state index contributed by atoms with van der Waals surface area (Å²) in [7, 11) is 0. The van der Waals surface area contributed by atoms with Gasteiger partial charge >= 0.3 is 0 Å². The van der Waals surface area contributed by atoms with Gasteiger partial charge in [0.2, 0.25) is 5.91 Å². The molecule has 1 aliphatic heterocycles. The second kappa shape index (κ2) is 4.65. The van der Waals surface area contributed by atoms with Gasteiger partial charge in [-0.05, 0) is 19.4 Å². The number of nitrogens with one attached hydrogen (secondary N) is 2. The maximum absolute atomic E-state index is 12.5. The average molecular weight is 208 g/mol. The number of aliphatic hydroxyl groups excluding tert-OH is 1. The summed E-state index contributed by atoms with van der Waals surface area (Å²) in [5, 5.41) is 13.3. The van der Waals surface area contributed by atoms with Gasteiger partial charge in [-0.3, -0.25) is 4.79 Å². The number of hydrogen-bond donors (Lipinski definition) is 3. The molecule has 1 saturated heterocycles. The Hall–Kier alpha value is -0.750. The van der Waals surface area contributed by atoms with Crippen molar-refractivity contribution in [1.29, 1.82) is 0 Å². The first kappa shape index (κ1) is 11.3. The largest absolute Gasteiger partial charge is 0.390 e. The van der Waals surface area contributed by atoms with Crippen molar-refractivity contribution in [3.05, 3.63) is 0 Å². The number of hydrogen-bond acceptors (Lipinski definition) is 3. The van der Waals surface area contributed by atoms with Crippen LogP contribution in [0.2, 0.25) is 0 Å². The van der Waals surface area contributed by atoms with Gasteiger partial charge in [0.25, 0.3) is 5.92 Å². The van der Waals surface area contributed by atoms with Gasteiger partial charge in [-0.2, -0.15) is 0 Å². The van der Waals surface area contributed by atoms with Crippen LogP contribution in [0.1, 0.15) is 12.8 Å². The van der Waals surface area contributed by atoms with Crippen LogP contribution >= 0.6 is 0 Å². The molecule has 0 bridgehead atoms. The molecule has 3 N–H and O–H groups in total. The van der Waals surface area contributed by atoms with Crippen molar-refractivity contribution in [1.82, 2.24) is 10.6 Å². The number of aliphatic hydroxyl groups is 1. The second-order valence-electron chi connectivity index (χ2n) is 3.38. The van der Waals surface area contributed by atoms with Crippen molar-refractivity contribution in [2.45, 2.75) is 24.8 Å². The lowest BCUT2D eigenvalue weighted by Gasteiger charge is -2.16. The quantitative estimate of drug-likeness (QED) is 0.582. The van der Waals surface area contributed by atoms with Gasteiger partial charge in [-0.1, -0.05) is 0 Å². The first-order chi connectivity index (χ1) is 6.55. The Morgan fingerprint density at radius 3 is 2.86 bits per heavy atom. The highest BCUT2D eigenvalue weighted by Crippen LogP contribution is 2.10. The van der Waals surface area contributed by atoms with Crippen molar-refractivity contribution in [2.75, 3.05) is 19.7 Å². The molecule has 82 valence electrons. The Kier molecular flexibility index (Phi) is 3.77. The van der Waals surface area contributed by atoms with Crippen LogP contribution in [-0.2, 0) is 4.79 Å². The molecule has 0 radical (unpaired) electrons. The zero-order valence-electron chi connectivity index (χ0n) is 7.72. The summed E-state index contributed by atoms with van der Waals surface area (Å²) in [6.07, 6.45) is 1.56. The molecule has 1 atom stereocenters. The third-order valence-corrected chi connectivity index (χ3v) is 2.13. The minimum atomic E-state index is -3.23. The van der Waals surface area contributed by atoms with Crippen LogP contribution in [0, 0.1) is 0 Å². The van der Waals surface area contributed by atoms with Gasteiger partial charge in [0.15, 0.2) is 0 Å². The SMILES string of the molecule is O=C(NCC(F)(F)CO)[C@@H]1CCCN1. The molecule has 1 fully saturated rings. The van der Waals surface area contributed by atoms with Crippen LogP contribution < -0.4 is 10.6 Å². The molecule has 0 aliphatic carbocycles. The summed E-state index contributed by atoms with van der Waals surface area (Å²) in [5.74, 6) is -3.65. The summed E-state index contributed by atoms with van der Waals surface area (Å²) in [5.41, 5.74) is 0. The highest BCUT2D eigenvalue weighted by Gasteiger charge is 2.30. The van der Waals surface area contributed by atoms with Crippen molar-refractivity contribution >= 4 is 5.91 Å². The summed E-state index contributed by atoms with van der Waals surface area (Å²) >= 11 is 0. The topological polar surface area (TPSA) is 61.4 Å². The first-order valence-electron chi connectivity index (χ1n) is 4.55. The lowest BCUT2D eigenvalue weighted by atomic mass is 10.2. The fraction of sp³-hybridized carbons (Fsp3) is 0.875. The van der Waals surface area contributed by atoms with Crippen LogP contribution in [0.4, 0.5) is 8.78 Å². The molecule has 0 aromatic heterocycles. The van der Waals surface area contributed by atoms with E-state index in [2.05, 4.69) is 10.6 Å². The standard InChI is InChI=1S/C8H14F2N2O2/c9-8(10,5-13)4-12-7(14)6-2-1-3-11-6/h6,11,13H,1-5H2,(H,12,14)/t6-/m0/s1. The monoisotopic (exact) mass is 208 g/mol. The molecule has 14 heavy (non-hydrogen) atoms. The van der Waals surface area contributed by atoms with E-state index in [1.165, 1.54) is 0 Å². The number of halogens is 2. The Balaban J connectivity index is 2.27. The molecule has 0 spiro atoms. The summed E-state index contributed by atoms with van der Waals surface area (Å²) < 4.78 is 25.0. The van der Waals surface area contributed by atoms with Crippen LogP contribution in [-0.4, -0.2) is 42.7 Å². The predicted molar refractivity (Wildman–Crippen MR) is 46.1 cm³/mol. The van der Waals surface area contributed by atoms with Crippen LogP contribution in [0.15, 0.2) is 0 Å². The first-order valence-corrected chi connectivity index (χ1v) is 4.55. The third kappa shape index (κ3) is 3.19. The lowest BCUT2D eigenvalue weighted by molar-refractivity contribution is -0.125. The van der Waals surface area contributed by atoms with Crippen molar-refractivity contribution < 1.29 is 18.7 Å². The van der Waals surface area contributed by atoms with Crippen molar-refractivity contribution in [3.63, 3.8) is 0 Å². The van der Waals surface area contributed by atoms with E-state index in [-0.39, 0.29) is 6.04 Å². The van der Waals surface area contributed by atoms with E-state index in [1.54, 1.807) is 0 Å². The van der Waals surface area contributed by atoms with E-state index in [9.17, 15) is 13.6 Å². The van der Waals surface area contributed by atoms with E-state index in [4.69, 9.17) is 5.11 Å². The minimum absolute atomic E-state index is 0.357. The second-order valence-corrected chi connectivity index (χ2v) is 3.38. The van der Waals surface area contributed by atoms with Crippen molar-refractivity contribution in [2.24, 2.45) is 0 Å². The fourth-order valence-electron chi connectivity index (χ4n) is 1.30. The molecule has 0 aromatic carbocycles. The Bertz CT molecular complexity index is 206. The molecule has 0 saturated carbocycles. The molecule has 1 rings (SSSR count). The molecule has 1 amide bonds. The molecule has 1 heterocycles. The van der Waals surface area contributed by atoms with Crippen LogP contribution in [0.5, 0.6) is 0 Å². The molecule has 0 unspecified atom stereocenters. The zero-order valence-corrected chi connectivity index (χ0v) is 7.72. The number of carbonyl (C=O) groups is 1. The Morgan fingerprint density at radius 2 is 2.36 bits per heavy atom. The number of alkyl halides is 2. The number of rotatable bonds is 4. The molecular weight excluding hydrogens is 194 g/mol. The van der Waals surface area contributed by atoms with Gasteiger partial charge in [0.05, 0.1) is 12.6 Å². The summed E-state index contributed by atoms with van der Waals surface area (Å²) in [4.78, 5) is 11.2. The summed E-state index contributed by atoms with van der Waals surface area (Å²) in [6, 6.07) is -0.357. The average Bonchev–Trinajstić information content (AvgIpc) is 2.67. The molecule has 4 nitrogen and oxygen atoms in total. The number of amides is 1. The molecule has 1 aliphatic rings. The van der Waals surface area contributed by atoms with E-state index >= 15 is 0 Å². The van der Waals surface area contributed by atoms with Gasteiger partial charge in [-0.15, -0.1) is 0 Å². The van der Waals surface area contributed by atoms with Gasteiger partial charge in [0, 0.05) is 0 Å². The smallest absolute Gasteiger partial charge is 0.287 e. The Morgan fingerprint density at radius 1 is 1.64 bits per heavy atom. The minimum Gasteiger partial charge on any atom is -0.390 e. The normalized spacial score (nSPS) is 22.4. The van der Waals surface area contributed by atoms with E-state index in [0.29, 0.717) is 6.42 Å². The molecule has 6 heteroatoms. The predicted octanol–water partition coefficient (Wildman–Crippen LogP) is -0.518. The van der Waals surface area contributed by atoms with Crippen LogP contribution in [0.25, 0.3) is 0 Å². The zero-order chi connectivity index (χ0) is 10.6. The van der Waals surface area contributed by atoms with Gasteiger partial charge in [-0.25, -0.2) is 8.78 Å². The maximum Gasteiger partial charge on any atom is 0.287 e. The van der Waals surface area contributed by atoms with Crippen molar-refractivity contribution in [3.8, 4) is 0 Å². The third-order valence-electron chi connectivity index (χ3n) is 2.13. The van der Waals surface area contributed by atoms with E-state index in [1.807, 2.05) is 0 Å². The molecular formula is C8H14F2N2O2. The summed E-state index contributed by atoms with van der Waals surface area (Å²) in [6.45, 7) is -1.31. The maximum atomic E-state index is 12.5. The highest BCUT2D eigenvalue weighted by atomic mass is 19.3. The van der Waals surface area contributed by atoms with E-state index in [0.717, 1.165) is 13.0 Å². The molecule has 0 aromatic rings. The van der Waals surface area contributed by atoms with Gasteiger partial charge < -0.3 is 15.7 Å². The van der Waals surface area contributed by atoms with Gasteiger partial charge in [0.1, 0.15) is 6.61 Å². The Labute approximate surface area is 80.7 Å².